The molecule has 0 saturated carbocycles. The Morgan fingerprint density at radius 3 is 2.03 bits per heavy atom. The molecule has 11 nitrogen and oxygen atoms in total. The van der Waals surface area contributed by atoms with Crippen molar-refractivity contribution in [3.63, 3.8) is 0 Å². The van der Waals surface area contributed by atoms with E-state index in [1.807, 2.05) is 0 Å². The normalized spacial score (nSPS) is 14.4. The first-order chi connectivity index (χ1) is 15.8. The number of nitrogens with one attached hydrogen (secondary N) is 3. The van der Waals surface area contributed by atoms with Crippen LogP contribution in [0.25, 0.3) is 0 Å². The Balaban J connectivity index is 2.76. The molecule has 1 unspecified atom stereocenters. The van der Waals surface area contributed by atoms with E-state index < -0.39 is 65.9 Å². The molecule has 7 N–H and O–H groups in total. The number of amides is 3. The first-order valence-electron chi connectivity index (χ1n) is 10.6. The van der Waals surface area contributed by atoms with E-state index in [-0.39, 0.29) is 18.1 Å². The van der Waals surface area contributed by atoms with Crippen LogP contribution in [0.5, 0.6) is 5.75 Å². The smallest absolute Gasteiger partial charge is 0.305 e. The molecule has 0 aliphatic rings. The number of carbonyl (C=O) groups is 5. The van der Waals surface area contributed by atoms with E-state index >= 15 is 0 Å². The van der Waals surface area contributed by atoms with Crippen LogP contribution in [0.4, 0.5) is 0 Å². The average molecular weight is 499 g/mol. The third-order valence-electron chi connectivity index (χ3n) is 4.94. The van der Waals surface area contributed by atoms with Gasteiger partial charge in [-0.2, -0.15) is 0 Å². The molecular weight excluding hydrogens is 468 g/mol. The second-order valence-corrected chi connectivity index (χ2v) is 8.46. The Hall–Kier alpha value is -3.18. The highest BCUT2D eigenvalue weighted by molar-refractivity contribution is 6.28. The number of hydrogen-bond acceptors (Lipinski definition) is 7. The minimum absolute atomic E-state index is 0.0813. The molecule has 0 aliphatic carbocycles. The number of phenols is 1. The molecule has 0 aromatic heterocycles. The molecule has 0 spiro atoms. The minimum atomic E-state index is -1.33. The van der Waals surface area contributed by atoms with Crippen LogP contribution in [-0.2, 0) is 30.4 Å². The van der Waals surface area contributed by atoms with Crippen LogP contribution in [0.15, 0.2) is 24.3 Å². The van der Waals surface area contributed by atoms with Crippen LogP contribution in [0.1, 0.15) is 32.8 Å². The quantitative estimate of drug-likeness (QED) is 0.199. The van der Waals surface area contributed by atoms with Gasteiger partial charge in [-0.05, 0) is 37.0 Å². The summed E-state index contributed by atoms with van der Waals surface area (Å²) in [5.41, 5.74) is 6.68. The molecule has 1 rings (SSSR count). The predicted molar refractivity (Wildman–Crippen MR) is 124 cm³/mol. The topological polar surface area (TPSA) is 188 Å². The van der Waals surface area contributed by atoms with Crippen LogP contribution in [0.2, 0.25) is 0 Å². The lowest BCUT2D eigenvalue weighted by molar-refractivity contribution is -0.140. The van der Waals surface area contributed by atoms with Gasteiger partial charge in [0.25, 0.3) is 0 Å². The molecule has 1 aromatic carbocycles. The van der Waals surface area contributed by atoms with Crippen molar-refractivity contribution in [3.8, 4) is 5.75 Å². The van der Waals surface area contributed by atoms with Crippen molar-refractivity contribution in [1.29, 1.82) is 0 Å². The summed E-state index contributed by atoms with van der Waals surface area (Å²) in [6.45, 7) is 4.75. The maximum atomic E-state index is 12.8. The second kappa shape index (κ2) is 13.5. The fourth-order valence-electron chi connectivity index (χ4n) is 2.95. The summed E-state index contributed by atoms with van der Waals surface area (Å²) in [4.78, 5) is 60.4. The summed E-state index contributed by atoms with van der Waals surface area (Å²) in [7, 11) is 0. The number of carboxylic acids is 1. The van der Waals surface area contributed by atoms with Gasteiger partial charge in [-0.15, -0.1) is 11.6 Å². The van der Waals surface area contributed by atoms with E-state index in [1.54, 1.807) is 26.0 Å². The Morgan fingerprint density at radius 2 is 1.53 bits per heavy atom. The summed E-state index contributed by atoms with van der Waals surface area (Å²) >= 11 is 5.46. The summed E-state index contributed by atoms with van der Waals surface area (Å²) in [5, 5.41) is 25.6. The summed E-state index contributed by atoms with van der Waals surface area (Å²) in [6.07, 6.45) is -0.474. The van der Waals surface area contributed by atoms with Gasteiger partial charge in [-0.3, -0.25) is 24.0 Å². The van der Waals surface area contributed by atoms with Gasteiger partial charge in [-0.25, -0.2) is 0 Å². The number of halogens is 1. The highest BCUT2D eigenvalue weighted by atomic mass is 35.5. The molecule has 188 valence electrons. The molecule has 3 amide bonds. The number of rotatable bonds is 13. The van der Waals surface area contributed by atoms with E-state index in [9.17, 15) is 29.1 Å². The monoisotopic (exact) mass is 498 g/mol. The van der Waals surface area contributed by atoms with Crippen molar-refractivity contribution in [2.24, 2.45) is 11.7 Å². The number of aliphatic carboxylic acids is 1. The number of aromatic hydroxyl groups is 1. The summed E-state index contributed by atoms with van der Waals surface area (Å²) in [5.74, 6) is -4.73. The van der Waals surface area contributed by atoms with E-state index in [4.69, 9.17) is 22.4 Å². The van der Waals surface area contributed by atoms with Gasteiger partial charge in [0, 0.05) is 0 Å². The molecule has 0 bridgehead atoms. The Labute approximate surface area is 202 Å². The molecule has 34 heavy (non-hydrogen) atoms. The predicted octanol–water partition coefficient (Wildman–Crippen LogP) is -0.325. The number of hydrogen-bond donors (Lipinski definition) is 6. The van der Waals surface area contributed by atoms with Gasteiger partial charge in [0.1, 0.15) is 17.8 Å². The standard InChI is InChI=1S/C22H31ClN4O7/c1-11(2)19(27-21(33)15(24)8-13-4-6-14(28)7-5-13)22(34)25-12(3)20(32)26-16(9-18(30)31)17(29)10-23/h4-7,11-12,15-16,19,28H,8-10,24H2,1-3H3,(H,25,34)(H,26,32)(H,27,33)(H,30,31)/t12-,15-,16?,19-/m0/s1. The third-order valence-corrected chi connectivity index (χ3v) is 5.21. The Morgan fingerprint density at radius 1 is 0.941 bits per heavy atom. The van der Waals surface area contributed by atoms with Gasteiger partial charge in [0.05, 0.1) is 24.4 Å². The average Bonchev–Trinajstić information content (AvgIpc) is 2.76. The lowest BCUT2D eigenvalue weighted by atomic mass is 10.0. The highest BCUT2D eigenvalue weighted by Crippen LogP contribution is 2.11. The van der Waals surface area contributed by atoms with E-state index in [0.29, 0.717) is 0 Å². The van der Waals surface area contributed by atoms with Crippen molar-refractivity contribution in [2.45, 2.75) is 57.8 Å². The van der Waals surface area contributed by atoms with E-state index in [1.165, 1.54) is 19.1 Å². The Kier molecular flexibility index (Phi) is 11.5. The third kappa shape index (κ3) is 9.36. The fourth-order valence-corrected chi connectivity index (χ4v) is 3.14. The number of carboxylic acid groups (broad SMARTS) is 1. The van der Waals surface area contributed by atoms with Crippen LogP contribution >= 0.6 is 11.6 Å². The molecule has 0 saturated heterocycles. The molecular formula is C22H31ClN4O7. The number of nitrogens with two attached hydrogens (primary N) is 1. The lowest BCUT2D eigenvalue weighted by Gasteiger charge is -2.25. The van der Waals surface area contributed by atoms with Crippen molar-refractivity contribution in [3.05, 3.63) is 29.8 Å². The molecule has 0 radical (unpaired) electrons. The SMILES string of the molecule is CC(C)[C@H](NC(=O)[C@@H](N)Cc1ccc(O)cc1)C(=O)N[C@@H](C)C(=O)NC(CC(=O)O)C(=O)CCl. The lowest BCUT2D eigenvalue weighted by Crippen LogP contribution is -2.58. The zero-order valence-electron chi connectivity index (χ0n) is 19.2. The first-order valence-corrected chi connectivity index (χ1v) is 11.1. The first kappa shape index (κ1) is 28.9. The van der Waals surface area contributed by atoms with Crippen LogP contribution < -0.4 is 21.7 Å². The molecule has 4 atom stereocenters. The van der Waals surface area contributed by atoms with Crippen molar-refractivity contribution >= 4 is 41.1 Å². The van der Waals surface area contributed by atoms with E-state index in [0.717, 1.165) is 5.56 Å². The fraction of sp³-hybridized carbons (Fsp3) is 0.500. The van der Waals surface area contributed by atoms with Gasteiger partial charge in [0.2, 0.25) is 17.7 Å². The molecule has 0 heterocycles. The van der Waals surface area contributed by atoms with Gasteiger partial charge >= 0.3 is 5.97 Å². The largest absolute Gasteiger partial charge is 0.508 e. The molecule has 1 aromatic rings. The van der Waals surface area contributed by atoms with Crippen LogP contribution in [0.3, 0.4) is 0 Å². The second-order valence-electron chi connectivity index (χ2n) is 8.20. The number of Topliss-reactive ketones (excluding diaryl/α,β-unsaturated/α-hetero) is 1. The zero-order valence-corrected chi connectivity index (χ0v) is 20.0. The van der Waals surface area contributed by atoms with Gasteiger partial charge in [0.15, 0.2) is 5.78 Å². The van der Waals surface area contributed by atoms with Crippen molar-refractivity contribution in [2.75, 3.05) is 5.88 Å². The molecule has 0 aliphatic heterocycles. The maximum absolute atomic E-state index is 12.8. The number of carbonyl (C=O) groups excluding carboxylic acids is 4. The van der Waals surface area contributed by atoms with Gasteiger partial charge in [-0.1, -0.05) is 26.0 Å². The number of phenolic OH excluding ortho intramolecular Hbond substituents is 1. The maximum Gasteiger partial charge on any atom is 0.305 e. The van der Waals surface area contributed by atoms with Crippen molar-refractivity contribution in [1.82, 2.24) is 16.0 Å². The van der Waals surface area contributed by atoms with Crippen LogP contribution in [0, 0.1) is 5.92 Å². The molecule has 0 fully saturated rings. The Bertz CT molecular complexity index is 892. The van der Waals surface area contributed by atoms with Crippen molar-refractivity contribution < 1.29 is 34.2 Å². The summed E-state index contributed by atoms with van der Waals surface area (Å²) < 4.78 is 0. The number of benzene rings is 1. The van der Waals surface area contributed by atoms with Crippen LogP contribution in [-0.4, -0.2) is 69.7 Å². The number of ketones is 1. The highest BCUT2D eigenvalue weighted by Gasteiger charge is 2.30. The minimum Gasteiger partial charge on any atom is -0.508 e. The zero-order chi connectivity index (χ0) is 26.0. The molecule has 12 heteroatoms. The summed E-state index contributed by atoms with van der Waals surface area (Å²) in [6, 6.07) is 1.77. The van der Waals surface area contributed by atoms with E-state index in [2.05, 4.69) is 16.0 Å². The number of alkyl halides is 1. The van der Waals surface area contributed by atoms with Gasteiger partial charge < -0.3 is 31.9 Å².